The smallest absolute Gasteiger partial charge is 0.348 e. The molecular weight excluding hydrogens is 308 g/mol. The lowest BCUT2D eigenvalue weighted by Gasteiger charge is -2.36. The van der Waals surface area contributed by atoms with Crippen molar-refractivity contribution in [1.82, 2.24) is 4.90 Å². The highest BCUT2D eigenvalue weighted by atomic mass is 32.1. The Hall–Kier alpha value is -1.59. The quantitative estimate of drug-likeness (QED) is 0.783. The van der Waals surface area contributed by atoms with E-state index in [1.165, 1.54) is 35.4 Å². The molecule has 0 aliphatic carbocycles. The number of nitrogens with zero attached hydrogens (tertiary/aromatic N) is 2. The number of thiophene rings is 1. The average molecular weight is 332 g/mol. The Balaban J connectivity index is 1.82. The fourth-order valence-corrected chi connectivity index (χ4v) is 4.13. The van der Waals surface area contributed by atoms with E-state index in [0.29, 0.717) is 11.5 Å². The molecule has 0 saturated carbocycles. The number of esters is 1. The summed E-state index contributed by atoms with van der Waals surface area (Å²) in [6.07, 6.45) is 1.21. The van der Waals surface area contributed by atoms with E-state index >= 15 is 0 Å². The van der Waals surface area contributed by atoms with Crippen LogP contribution in [0.25, 0.3) is 10.1 Å². The zero-order valence-corrected chi connectivity index (χ0v) is 14.7. The number of piperazine rings is 1. The monoisotopic (exact) mass is 332 g/mol. The van der Waals surface area contributed by atoms with E-state index in [1.54, 1.807) is 0 Å². The number of fused-ring (bicyclic) bond motifs is 1. The summed E-state index contributed by atoms with van der Waals surface area (Å²) in [6, 6.07) is 8.33. The molecule has 23 heavy (non-hydrogen) atoms. The van der Waals surface area contributed by atoms with Crippen LogP contribution < -0.4 is 4.90 Å². The van der Waals surface area contributed by atoms with E-state index in [4.69, 9.17) is 4.74 Å². The van der Waals surface area contributed by atoms with Gasteiger partial charge >= 0.3 is 5.97 Å². The predicted molar refractivity (Wildman–Crippen MR) is 96.7 cm³/mol. The van der Waals surface area contributed by atoms with Crippen molar-refractivity contribution < 1.29 is 9.53 Å². The summed E-state index contributed by atoms with van der Waals surface area (Å²) in [5.41, 5.74) is 1.24. The largest absolute Gasteiger partial charge is 0.462 e. The molecule has 0 radical (unpaired) electrons. The van der Waals surface area contributed by atoms with Crippen LogP contribution in [-0.4, -0.2) is 50.2 Å². The third-order valence-electron chi connectivity index (χ3n) is 4.27. The van der Waals surface area contributed by atoms with Crippen molar-refractivity contribution in [3.05, 3.63) is 29.1 Å². The van der Waals surface area contributed by atoms with Gasteiger partial charge in [-0.15, -0.1) is 11.3 Å². The second-order valence-corrected chi connectivity index (χ2v) is 6.93. The number of rotatable bonds is 5. The summed E-state index contributed by atoms with van der Waals surface area (Å²) in [4.78, 5) is 17.6. The van der Waals surface area contributed by atoms with E-state index in [0.717, 1.165) is 30.9 Å². The first kappa shape index (κ1) is 16.3. The normalized spacial score (nSPS) is 16.0. The van der Waals surface area contributed by atoms with Crippen LogP contribution in [0, 0.1) is 0 Å². The van der Waals surface area contributed by atoms with Crippen molar-refractivity contribution in [2.75, 3.05) is 44.2 Å². The molecule has 0 atom stereocenters. The van der Waals surface area contributed by atoms with Gasteiger partial charge in [-0.3, -0.25) is 4.90 Å². The molecule has 2 heterocycles. The fraction of sp³-hybridized carbons (Fsp3) is 0.500. The summed E-state index contributed by atoms with van der Waals surface area (Å²) >= 11 is 1.52. The molecule has 1 aliphatic rings. The van der Waals surface area contributed by atoms with Crippen molar-refractivity contribution in [3.8, 4) is 0 Å². The number of ether oxygens (including phenoxy) is 1. The highest BCUT2D eigenvalue weighted by molar-refractivity contribution is 7.20. The first-order valence-corrected chi connectivity index (χ1v) is 9.21. The molecule has 1 saturated heterocycles. The van der Waals surface area contributed by atoms with E-state index in [1.807, 2.05) is 13.0 Å². The molecule has 3 rings (SSSR count). The van der Waals surface area contributed by atoms with Gasteiger partial charge in [0.15, 0.2) is 0 Å². The molecular formula is C18H24N2O2S. The van der Waals surface area contributed by atoms with E-state index in [9.17, 15) is 4.79 Å². The van der Waals surface area contributed by atoms with Crippen LogP contribution in [0.5, 0.6) is 0 Å². The number of carbonyl (C=O) groups excluding carboxylic acids is 1. The van der Waals surface area contributed by atoms with Crippen LogP contribution in [-0.2, 0) is 4.74 Å². The minimum Gasteiger partial charge on any atom is -0.462 e. The molecule has 124 valence electrons. The van der Waals surface area contributed by atoms with Crippen molar-refractivity contribution in [2.45, 2.75) is 20.3 Å². The minimum absolute atomic E-state index is 0.215. The van der Waals surface area contributed by atoms with Gasteiger partial charge in [-0.1, -0.05) is 13.0 Å². The van der Waals surface area contributed by atoms with E-state index < -0.39 is 0 Å². The Labute approximate surface area is 141 Å². The summed E-state index contributed by atoms with van der Waals surface area (Å²) in [6.45, 7) is 9.98. The van der Waals surface area contributed by atoms with E-state index in [2.05, 4.69) is 34.9 Å². The molecule has 0 unspecified atom stereocenters. The fourth-order valence-electron chi connectivity index (χ4n) is 3.15. The highest BCUT2D eigenvalue weighted by Gasteiger charge is 2.20. The topological polar surface area (TPSA) is 32.8 Å². The maximum atomic E-state index is 12.0. The summed E-state index contributed by atoms with van der Waals surface area (Å²) < 4.78 is 6.29. The number of benzene rings is 1. The van der Waals surface area contributed by atoms with Gasteiger partial charge in [0.25, 0.3) is 0 Å². The van der Waals surface area contributed by atoms with Gasteiger partial charge in [0.05, 0.1) is 6.61 Å². The molecule has 5 heteroatoms. The standard InChI is InChI=1S/C18H24N2O2S/c1-3-8-19-9-11-20(12-10-19)15-6-5-7-16-14(15)13-17(23-16)18(21)22-4-2/h5-7,13H,3-4,8-12H2,1-2H3. The maximum Gasteiger partial charge on any atom is 0.348 e. The van der Waals surface area contributed by atoms with E-state index in [-0.39, 0.29) is 5.97 Å². The second-order valence-electron chi connectivity index (χ2n) is 5.85. The van der Waals surface area contributed by atoms with Gasteiger partial charge in [-0.25, -0.2) is 4.79 Å². The Morgan fingerprint density at radius 3 is 2.70 bits per heavy atom. The Morgan fingerprint density at radius 2 is 2.00 bits per heavy atom. The zero-order valence-electron chi connectivity index (χ0n) is 13.9. The van der Waals surface area contributed by atoms with Gasteiger partial charge in [-0.2, -0.15) is 0 Å². The molecule has 1 aromatic heterocycles. The van der Waals surface area contributed by atoms with Crippen LogP contribution in [0.4, 0.5) is 5.69 Å². The minimum atomic E-state index is -0.215. The molecule has 0 bridgehead atoms. The number of anilines is 1. The molecule has 0 N–H and O–H groups in total. The Kier molecular flexibility index (Phi) is 5.18. The first-order chi connectivity index (χ1) is 11.2. The van der Waals surface area contributed by atoms with Crippen LogP contribution in [0.15, 0.2) is 24.3 Å². The van der Waals surface area contributed by atoms with Crippen molar-refractivity contribution in [3.63, 3.8) is 0 Å². The number of hydrogen-bond donors (Lipinski definition) is 0. The molecule has 1 aromatic carbocycles. The van der Waals surface area contributed by atoms with Gasteiger partial charge in [0, 0.05) is 42.0 Å². The Morgan fingerprint density at radius 1 is 1.22 bits per heavy atom. The van der Waals surface area contributed by atoms with Crippen LogP contribution >= 0.6 is 11.3 Å². The van der Waals surface area contributed by atoms with Crippen LogP contribution in [0.1, 0.15) is 29.9 Å². The first-order valence-electron chi connectivity index (χ1n) is 8.40. The molecule has 2 aromatic rings. The average Bonchev–Trinajstić information content (AvgIpc) is 3.00. The lowest BCUT2D eigenvalue weighted by Crippen LogP contribution is -2.46. The van der Waals surface area contributed by atoms with Crippen LogP contribution in [0.3, 0.4) is 0 Å². The van der Waals surface area contributed by atoms with Gasteiger partial charge < -0.3 is 9.64 Å². The second kappa shape index (κ2) is 7.32. The third-order valence-corrected chi connectivity index (χ3v) is 5.35. The molecule has 4 nitrogen and oxygen atoms in total. The molecule has 0 spiro atoms. The number of hydrogen-bond acceptors (Lipinski definition) is 5. The van der Waals surface area contributed by atoms with Crippen molar-refractivity contribution in [1.29, 1.82) is 0 Å². The lowest BCUT2D eigenvalue weighted by atomic mass is 10.1. The lowest BCUT2D eigenvalue weighted by molar-refractivity contribution is 0.0532. The van der Waals surface area contributed by atoms with Crippen LogP contribution in [0.2, 0.25) is 0 Å². The van der Waals surface area contributed by atoms with Gasteiger partial charge in [-0.05, 0) is 38.1 Å². The van der Waals surface area contributed by atoms with Crippen molar-refractivity contribution in [2.24, 2.45) is 0 Å². The third kappa shape index (κ3) is 3.51. The maximum absolute atomic E-state index is 12.0. The molecule has 1 fully saturated rings. The predicted octanol–water partition coefficient (Wildman–Crippen LogP) is 3.61. The molecule has 0 amide bonds. The van der Waals surface area contributed by atoms with Gasteiger partial charge in [0.1, 0.15) is 4.88 Å². The molecule has 1 aliphatic heterocycles. The zero-order chi connectivity index (χ0) is 16.2. The highest BCUT2D eigenvalue weighted by Crippen LogP contribution is 2.34. The van der Waals surface area contributed by atoms with Crippen molar-refractivity contribution >= 4 is 33.1 Å². The summed E-state index contributed by atoms with van der Waals surface area (Å²) in [7, 11) is 0. The number of carbonyl (C=O) groups is 1. The Bertz CT molecular complexity index is 675. The summed E-state index contributed by atoms with van der Waals surface area (Å²) in [5.74, 6) is -0.215. The van der Waals surface area contributed by atoms with Gasteiger partial charge in [0.2, 0.25) is 0 Å². The SMILES string of the molecule is CCCN1CCN(c2cccc3sc(C(=O)OCC)cc23)CC1. The summed E-state index contributed by atoms with van der Waals surface area (Å²) in [5, 5.41) is 1.17.